The Hall–Kier alpha value is -1.87. The highest BCUT2D eigenvalue weighted by Gasteiger charge is 2.41. The van der Waals surface area contributed by atoms with Gasteiger partial charge in [-0.2, -0.15) is 0 Å². The summed E-state index contributed by atoms with van der Waals surface area (Å²) in [6, 6.07) is 12.0. The van der Waals surface area contributed by atoms with Gasteiger partial charge in [0.15, 0.2) is 5.67 Å². The first kappa shape index (κ1) is 28.7. The van der Waals surface area contributed by atoms with Crippen molar-refractivity contribution in [1.82, 2.24) is 9.62 Å². The number of hydrogen-bond acceptors (Lipinski definition) is 5. The van der Waals surface area contributed by atoms with Gasteiger partial charge in [-0.25, -0.2) is 8.70 Å². The molecule has 1 N–H and O–H groups in total. The molecule has 0 spiro atoms. The van der Waals surface area contributed by atoms with Crippen LogP contribution in [0.4, 0.5) is 4.39 Å². The molecule has 1 aliphatic rings. The zero-order chi connectivity index (χ0) is 26.1. The van der Waals surface area contributed by atoms with Gasteiger partial charge in [-0.05, 0) is 60.0 Å². The van der Waals surface area contributed by atoms with Crippen LogP contribution in [-0.4, -0.2) is 53.1 Å². The van der Waals surface area contributed by atoms with Crippen LogP contribution in [0.2, 0.25) is 5.02 Å². The van der Waals surface area contributed by atoms with E-state index < -0.39 is 22.4 Å². The Labute approximate surface area is 225 Å². The molecule has 2 aromatic rings. The number of carbonyl (C=O) groups is 1. The van der Waals surface area contributed by atoms with Gasteiger partial charge in [-0.1, -0.05) is 43.2 Å². The standard InChI is InChI=1S/C27H34ClFN2O3S2/c1-4-5-8-20-9-6-10-23(28)25(20)22-19-21(34-2)11-12-24(22)35-31-16-13-27(29,14-17-31)26(32)30-15-7-18-36(3)33/h6-7,9-12,18-19H,4-5,8,13-17H2,1-3H3,(H,30,32)/b18-7-. The topological polar surface area (TPSA) is 58.6 Å². The van der Waals surface area contributed by atoms with Crippen LogP contribution < -0.4 is 10.1 Å². The van der Waals surface area contributed by atoms with E-state index in [0.29, 0.717) is 18.1 Å². The van der Waals surface area contributed by atoms with Crippen molar-refractivity contribution in [2.75, 3.05) is 33.0 Å². The third kappa shape index (κ3) is 7.57. The van der Waals surface area contributed by atoms with Crippen molar-refractivity contribution in [3.05, 3.63) is 58.5 Å². The number of halogens is 2. The van der Waals surface area contributed by atoms with Gasteiger partial charge in [0.25, 0.3) is 5.91 Å². The van der Waals surface area contributed by atoms with Crippen molar-refractivity contribution in [1.29, 1.82) is 0 Å². The number of rotatable bonds is 11. The first-order valence-corrected chi connectivity index (χ1v) is 14.9. The van der Waals surface area contributed by atoms with Crippen LogP contribution in [0, 0.1) is 0 Å². The number of hydrogen-bond donors (Lipinski definition) is 1. The third-order valence-electron chi connectivity index (χ3n) is 6.17. The highest BCUT2D eigenvalue weighted by molar-refractivity contribution is 7.97. The second-order valence-electron chi connectivity index (χ2n) is 8.81. The summed E-state index contributed by atoms with van der Waals surface area (Å²) in [5.41, 5.74) is 1.28. The van der Waals surface area contributed by atoms with Crippen LogP contribution in [0.1, 0.15) is 38.2 Å². The van der Waals surface area contributed by atoms with Gasteiger partial charge < -0.3 is 10.1 Å². The molecule has 1 amide bonds. The van der Waals surface area contributed by atoms with Gasteiger partial charge >= 0.3 is 0 Å². The minimum atomic E-state index is -1.91. The molecule has 3 rings (SSSR count). The molecule has 0 aliphatic carbocycles. The van der Waals surface area contributed by atoms with Gasteiger partial charge in [0, 0.05) is 70.6 Å². The van der Waals surface area contributed by atoms with Gasteiger partial charge in [0.2, 0.25) is 0 Å². The van der Waals surface area contributed by atoms with E-state index in [-0.39, 0.29) is 19.4 Å². The number of alkyl halides is 1. The number of nitrogens with zero attached hydrogens (tertiary/aromatic N) is 1. The Bertz CT molecular complexity index is 1100. The number of piperidine rings is 1. The molecule has 5 nitrogen and oxygen atoms in total. The summed E-state index contributed by atoms with van der Waals surface area (Å²) in [5, 5.41) is 4.76. The van der Waals surface area contributed by atoms with E-state index in [1.54, 1.807) is 25.1 Å². The summed E-state index contributed by atoms with van der Waals surface area (Å²) in [5.74, 6) is 0.134. The largest absolute Gasteiger partial charge is 0.497 e. The Kier molecular flexibility index (Phi) is 10.8. The molecule has 2 aromatic carbocycles. The fourth-order valence-corrected chi connectivity index (χ4v) is 5.84. The lowest BCUT2D eigenvalue weighted by atomic mass is 9.93. The smallest absolute Gasteiger partial charge is 0.258 e. The molecule has 196 valence electrons. The van der Waals surface area contributed by atoms with Crippen molar-refractivity contribution in [3.8, 4) is 16.9 Å². The van der Waals surface area contributed by atoms with E-state index in [0.717, 1.165) is 41.0 Å². The summed E-state index contributed by atoms with van der Waals surface area (Å²) in [4.78, 5) is 13.5. The first-order chi connectivity index (χ1) is 17.3. The van der Waals surface area contributed by atoms with E-state index >= 15 is 4.39 Å². The van der Waals surface area contributed by atoms with Crippen molar-refractivity contribution >= 4 is 40.3 Å². The van der Waals surface area contributed by atoms with E-state index in [4.69, 9.17) is 16.3 Å². The van der Waals surface area contributed by atoms with Crippen LogP contribution in [0.5, 0.6) is 5.75 Å². The maximum Gasteiger partial charge on any atom is 0.258 e. The van der Waals surface area contributed by atoms with Crippen LogP contribution in [-0.2, 0) is 22.0 Å². The number of methoxy groups -OCH3 is 1. The number of nitrogens with one attached hydrogen (secondary N) is 1. The van der Waals surface area contributed by atoms with Gasteiger partial charge in [0.05, 0.1) is 7.11 Å². The van der Waals surface area contributed by atoms with E-state index in [1.165, 1.54) is 17.2 Å². The molecule has 36 heavy (non-hydrogen) atoms. The quantitative estimate of drug-likeness (QED) is 0.337. The lowest BCUT2D eigenvalue weighted by Gasteiger charge is -2.34. The molecule has 1 unspecified atom stereocenters. The molecular formula is C27H34ClFN2O3S2. The second-order valence-corrected chi connectivity index (χ2v) is 11.6. The maximum atomic E-state index is 15.4. The Morgan fingerprint density at radius 1 is 1.31 bits per heavy atom. The molecular weight excluding hydrogens is 519 g/mol. The number of unbranched alkanes of at least 4 members (excludes halogenated alkanes) is 1. The van der Waals surface area contributed by atoms with Gasteiger partial charge in [0.1, 0.15) is 5.75 Å². The lowest BCUT2D eigenvalue weighted by molar-refractivity contribution is -0.135. The highest BCUT2D eigenvalue weighted by Crippen LogP contribution is 2.42. The molecule has 1 atom stereocenters. The first-order valence-electron chi connectivity index (χ1n) is 12.1. The average molecular weight is 553 g/mol. The Morgan fingerprint density at radius 3 is 2.72 bits per heavy atom. The van der Waals surface area contributed by atoms with Gasteiger partial charge in [-0.15, -0.1) is 0 Å². The molecule has 1 aliphatic heterocycles. The molecule has 1 fully saturated rings. The maximum absolute atomic E-state index is 15.4. The summed E-state index contributed by atoms with van der Waals surface area (Å²) < 4.78 is 34.1. The average Bonchev–Trinajstić information content (AvgIpc) is 2.87. The fraction of sp³-hybridized carbons (Fsp3) is 0.444. The Balaban J connectivity index is 1.75. The zero-order valence-corrected chi connectivity index (χ0v) is 23.4. The summed E-state index contributed by atoms with van der Waals surface area (Å²) in [6.07, 6.45) is 6.42. The van der Waals surface area contributed by atoms with Crippen LogP contribution >= 0.6 is 23.5 Å². The minimum Gasteiger partial charge on any atom is -0.497 e. The van der Waals surface area contributed by atoms with Crippen LogP contribution in [0.15, 0.2) is 52.8 Å². The van der Waals surface area contributed by atoms with E-state index in [9.17, 15) is 9.00 Å². The number of benzene rings is 2. The number of carbonyl (C=O) groups excluding carboxylic acids is 1. The van der Waals surface area contributed by atoms with Crippen molar-refractivity contribution in [3.63, 3.8) is 0 Å². The molecule has 0 radical (unpaired) electrons. The monoisotopic (exact) mass is 552 g/mol. The van der Waals surface area contributed by atoms with E-state index in [2.05, 4.69) is 22.6 Å². The summed E-state index contributed by atoms with van der Waals surface area (Å²) in [6.45, 7) is 3.19. The highest BCUT2D eigenvalue weighted by atomic mass is 35.5. The number of aryl methyl sites for hydroxylation is 1. The zero-order valence-electron chi connectivity index (χ0n) is 21.0. The van der Waals surface area contributed by atoms with Crippen LogP contribution in [0.25, 0.3) is 11.1 Å². The molecule has 1 heterocycles. The number of ether oxygens (including phenoxy) is 1. The molecule has 0 saturated carbocycles. The molecule has 9 heteroatoms. The predicted molar refractivity (Wildman–Crippen MR) is 149 cm³/mol. The fourth-order valence-electron chi connectivity index (χ4n) is 4.15. The predicted octanol–water partition coefficient (Wildman–Crippen LogP) is 6.18. The third-order valence-corrected chi connectivity index (χ3v) is 8.24. The second kappa shape index (κ2) is 13.6. The van der Waals surface area contributed by atoms with Crippen molar-refractivity contribution < 1.29 is 18.1 Å². The van der Waals surface area contributed by atoms with Crippen LogP contribution in [0.3, 0.4) is 0 Å². The molecule has 1 saturated heterocycles. The Morgan fingerprint density at radius 2 is 2.06 bits per heavy atom. The summed E-state index contributed by atoms with van der Waals surface area (Å²) in [7, 11) is 0.549. The van der Waals surface area contributed by atoms with E-state index in [1.807, 2.05) is 30.3 Å². The minimum absolute atomic E-state index is 0.106. The lowest BCUT2D eigenvalue weighted by Crippen LogP contribution is -2.49. The normalized spacial score (nSPS) is 16.7. The van der Waals surface area contributed by atoms with Gasteiger partial charge in [-0.3, -0.25) is 9.00 Å². The van der Waals surface area contributed by atoms with Crippen molar-refractivity contribution in [2.45, 2.75) is 49.6 Å². The van der Waals surface area contributed by atoms with Crippen molar-refractivity contribution in [2.24, 2.45) is 0 Å². The molecule has 0 aromatic heterocycles. The molecule has 0 bridgehead atoms. The summed E-state index contributed by atoms with van der Waals surface area (Å²) >= 11 is 8.27. The number of amides is 1. The SMILES string of the molecule is CCCCc1cccc(Cl)c1-c1cc(OC)ccc1SN1CCC(F)(C(=O)NC/C=C\S(C)=O)CC1.